The van der Waals surface area contributed by atoms with Crippen LogP contribution in [-0.2, 0) is 0 Å². The maximum absolute atomic E-state index is 4.35. The summed E-state index contributed by atoms with van der Waals surface area (Å²) in [7, 11) is 0. The Morgan fingerprint density at radius 1 is 1.33 bits per heavy atom. The van der Waals surface area contributed by atoms with Crippen LogP contribution in [0, 0.1) is 6.92 Å². The molecule has 0 N–H and O–H groups in total. The average Bonchev–Trinajstić information content (AvgIpc) is 2.57. The SMILES string of the molecule is Cc1cncnc1C1CCCC1. The monoisotopic (exact) mass is 162 g/mol. The Balaban J connectivity index is 2.26. The summed E-state index contributed by atoms with van der Waals surface area (Å²) in [6.45, 7) is 2.10. The molecule has 0 saturated heterocycles. The molecule has 1 aromatic rings. The van der Waals surface area contributed by atoms with Crippen molar-refractivity contribution in [1.82, 2.24) is 9.97 Å². The first-order valence-electron chi connectivity index (χ1n) is 4.64. The molecule has 1 saturated carbocycles. The Morgan fingerprint density at radius 3 is 2.75 bits per heavy atom. The highest BCUT2D eigenvalue weighted by atomic mass is 14.8. The molecule has 2 rings (SSSR count). The highest BCUT2D eigenvalue weighted by Gasteiger charge is 2.19. The van der Waals surface area contributed by atoms with E-state index in [1.54, 1.807) is 6.33 Å². The van der Waals surface area contributed by atoms with Gasteiger partial charge in [-0.3, -0.25) is 0 Å². The quantitative estimate of drug-likeness (QED) is 0.633. The van der Waals surface area contributed by atoms with Crippen LogP contribution < -0.4 is 0 Å². The van der Waals surface area contributed by atoms with Crippen molar-refractivity contribution >= 4 is 0 Å². The second kappa shape index (κ2) is 3.21. The molecule has 0 spiro atoms. The molecule has 2 nitrogen and oxygen atoms in total. The van der Waals surface area contributed by atoms with Gasteiger partial charge in [0.15, 0.2) is 0 Å². The lowest BCUT2D eigenvalue weighted by molar-refractivity contribution is 0.687. The van der Waals surface area contributed by atoms with E-state index in [0.717, 1.165) is 0 Å². The molecule has 2 heteroatoms. The molecule has 0 aromatic carbocycles. The van der Waals surface area contributed by atoms with E-state index in [0.29, 0.717) is 5.92 Å². The second-order valence-corrected chi connectivity index (χ2v) is 3.57. The fourth-order valence-corrected chi connectivity index (χ4v) is 2.04. The summed E-state index contributed by atoms with van der Waals surface area (Å²) in [6, 6.07) is 0. The molecule has 12 heavy (non-hydrogen) atoms. The fourth-order valence-electron chi connectivity index (χ4n) is 2.04. The first kappa shape index (κ1) is 7.71. The van der Waals surface area contributed by atoms with Crippen LogP contribution in [0.5, 0.6) is 0 Å². The predicted molar refractivity (Wildman–Crippen MR) is 48.0 cm³/mol. The topological polar surface area (TPSA) is 25.8 Å². The molecule has 1 aliphatic rings. The Bertz CT molecular complexity index is 264. The van der Waals surface area contributed by atoms with Gasteiger partial charge in [0, 0.05) is 17.8 Å². The van der Waals surface area contributed by atoms with Crippen LogP contribution in [-0.4, -0.2) is 9.97 Å². The average molecular weight is 162 g/mol. The first-order valence-corrected chi connectivity index (χ1v) is 4.64. The maximum Gasteiger partial charge on any atom is 0.115 e. The second-order valence-electron chi connectivity index (χ2n) is 3.57. The van der Waals surface area contributed by atoms with Crippen LogP contribution in [0.2, 0.25) is 0 Å². The van der Waals surface area contributed by atoms with Crippen molar-refractivity contribution in [1.29, 1.82) is 0 Å². The summed E-state index contributed by atoms with van der Waals surface area (Å²) >= 11 is 0. The lowest BCUT2D eigenvalue weighted by Crippen LogP contribution is -1.99. The highest BCUT2D eigenvalue weighted by Crippen LogP contribution is 2.33. The number of aromatic nitrogens is 2. The summed E-state index contributed by atoms with van der Waals surface area (Å²) in [4.78, 5) is 8.35. The molecular weight excluding hydrogens is 148 g/mol. The van der Waals surface area contributed by atoms with E-state index in [-0.39, 0.29) is 0 Å². The summed E-state index contributed by atoms with van der Waals surface area (Å²) in [5.41, 5.74) is 2.53. The normalized spacial score (nSPS) is 18.4. The largest absolute Gasteiger partial charge is 0.245 e. The molecule has 0 amide bonds. The zero-order chi connectivity index (χ0) is 8.39. The van der Waals surface area contributed by atoms with Crippen molar-refractivity contribution in [2.24, 2.45) is 0 Å². The van der Waals surface area contributed by atoms with E-state index in [1.807, 2.05) is 6.20 Å². The van der Waals surface area contributed by atoms with Crippen LogP contribution in [0.25, 0.3) is 0 Å². The molecule has 64 valence electrons. The van der Waals surface area contributed by atoms with Gasteiger partial charge in [-0.15, -0.1) is 0 Å². The fraction of sp³-hybridized carbons (Fsp3) is 0.600. The van der Waals surface area contributed by atoms with Gasteiger partial charge in [-0.05, 0) is 25.3 Å². The molecule has 0 atom stereocenters. The van der Waals surface area contributed by atoms with E-state index in [4.69, 9.17) is 0 Å². The van der Waals surface area contributed by atoms with Gasteiger partial charge in [0.05, 0.1) is 0 Å². The summed E-state index contributed by atoms with van der Waals surface area (Å²) in [5.74, 6) is 0.716. The van der Waals surface area contributed by atoms with Crippen molar-refractivity contribution in [2.75, 3.05) is 0 Å². The van der Waals surface area contributed by atoms with Crippen molar-refractivity contribution < 1.29 is 0 Å². The Hall–Kier alpha value is -0.920. The van der Waals surface area contributed by atoms with E-state index >= 15 is 0 Å². The van der Waals surface area contributed by atoms with E-state index in [9.17, 15) is 0 Å². The zero-order valence-electron chi connectivity index (χ0n) is 7.45. The minimum Gasteiger partial charge on any atom is -0.245 e. The predicted octanol–water partition coefficient (Wildman–Crippen LogP) is 2.44. The van der Waals surface area contributed by atoms with Gasteiger partial charge in [-0.25, -0.2) is 9.97 Å². The Morgan fingerprint density at radius 2 is 2.08 bits per heavy atom. The van der Waals surface area contributed by atoms with Crippen molar-refractivity contribution in [2.45, 2.75) is 38.5 Å². The van der Waals surface area contributed by atoms with Crippen LogP contribution >= 0.6 is 0 Å². The standard InChI is InChI=1S/C10H14N2/c1-8-6-11-7-12-10(8)9-4-2-3-5-9/h6-7,9H,2-5H2,1H3. The smallest absolute Gasteiger partial charge is 0.115 e. The summed E-state index contributed by atoms with van der Waals surface area (Å²) in [6.07, 6.45) is 8.96. The third-order valence-corrected chi connectivity index (χ3v) is 2.68. The van der Waals surface area contributed by atoms with E-state index < -0.39 is 0 Å². The van der Waals surface area contributed by atoms with Gasteiger partial charge in [-0.1, -0.05) is 12.8 Å². The van der Waals surface area contributed by atoms with E-state index in [2.05, 4.69) is 16.9 Å². The lowest BCUT2D eigenvalue weighted by Gasteiger charge is -2.09. The Kier molecular flexibility index (Phi) is 2.07. The third-order valence-electron chi connectivity index (χ3n) is 2.68. The van der Waals surface area contributed by atoms with E-state index in [1.165, 1.54) is 36.9 Å². The molecule has 0 radical (unpaired) electrons. The third kappa shape index (κ3) is 1.33. The molecular formula is C10H14N2. The van der Waals surface area contributed by atoms with Crippen molar-refractivity contribution in [3.63, 3.8) is 0 Å². The van der Waals surface area contributed by atoms with Crippen molar-refractivity contribution in [3.05, 3.63) is 23.8 Å². The molecule has 1 heterocycles. The van der Waals surface area contributed by atoms with Gasteiger partial charge in [-0.2, -0.15) is 0 Å². The summed E-state index contributed by atoms with van der Waals surface area (Å²) < 4.78 is 0. The minimum atomic E-state index is 0.716. The molecule has 1 aliphatic carbocycles. The number of hydrogen-bond acceptors (Lipinski definition) is 2. The van der Waals surface area contributed by atoms with Gasteiger partial charge in [0.25, 0.3) is 0 Å². The van der Waals surface area contributed by atoms with Crippen LogP contribution in [0.1, 0.15) is 42.9 Å². The maximum atomic E-state index is 4.35. The summed E-state index contributed by atoms with van der Waals surface area (Å²) in [5, 5.41) is 0. The Labute approximate surface area is 73.1 Å². The van der Waals surface area contributed by atoms with Crippen LogP contribution in [0.3, 0.4) is 0 Å². The molecule has 1 aromatic heterocycles. The number of rotatable bonds is 1. The molecule has 0 unspecified atom stereocenters. The first-order chi connectivity index (χ1) is 5.88. The zero-order valence-corrected chi connectivity index (χ0v) is 7.45. The number of nitrogens with zero attached hydrogens (tertiary/aromatic N) is 2. The van der Waals surface area contributed by atoms with Gasteiger partial charge >= 0.3 is 0 Å². The lowest BCUT2D eigenvalue weighted by atomic mass is 10.0. The van der Waals surface area contributed by atoms with Gasteiger partial charge in [0.2, 0.25) is 0 Å². The van der Waals surface area contributed by atoms with Gasteiger partial charge < -0.3 is 0 Å². The highest BCUT2D eigenvalue weighted by molar-refractivity contribution is 5.18. The minimum absolute atomic E-state index is 0.716. The number of hydrogen-bond donors (Lipinski definition) is 0. The van der Waals surface area contributed by atoms with Gasteiger partial charge in [0.1, 0.15) is 6.33 Å². The number of aryl methyl sites for hydroxylation is 1. The molecule has 1 fully saturated rings. The molecule has 0 bridgehead atoms. The van der Waals surface area contributed by atoms with Crippen LogP contribution in [0.4, 0.5) is 0 Å². The molecule has 0 aliphatic heterocycles. The van der Waals surface area contributed by atoms with Crippen LogP contribution in [0.15, 0.2) is 12.5 Å². The van der Waals surface area contributed by atoms with Crippen molar-refractivity contribution in [3.8, 4) is 0 Å².